The fourth-order valence-corrected chi connectivity index (χ4v) is 4.81. The number of aryl methyl sites for hydroxylation is 1. The maximum atomic E-state index is 13.2. The molecule has 2 aliphatic rings. The first-order valence-electron chi connectivity index (χ1n) is 11.9. The number of fused-ring (bicyclic) bond motifs is 1. The summed E-state index contributed by atoms with van der Waals surface area (Å²) in [4.78, 5) is 27.3. The van der Waals surface area contributed by atoms with Crippen molar-refractivity contribution in [2.75, 3.05) is 29.9 Å². The van der Waals surface area contributed by atoms with E-state index in [0.717, 1.165) is 52.8 Å². The molecule has 0 saturated carbocycles. The zero-order valence-electron chi connectivity index (χ0n) is 20.0. The van der Waals surface area contributed by atoms with Gasteiger partial charge in [-0.25, -0.2) is 14.8 Å². The van der Waals surface area contributed by atoms with Crippen molar-refractivity contribution in [2.45, 2.75) is 45.9 Å². The topological polar surface area (TPSA) is 70.6 Å². The number of rotatable bonds is 3. The van der Waals surface area contributed by atoms with Crippen LogP contribution in [0.4, 0.5) is 16.3 Å². The number of amides is 2. The second-order valence-electron chi connectivity index (χ2n) is 9.24. The summed E-state index contributed by atoms with van der Waals surface area (Å²) in [6, 6.07) is 17.8. The van der Waals surface area contributed by atoms with Crippen LogP contribution in [0.2, 0.25) is 0 Å². The van der Waals surface area contributed by atoms with Crippen LogP contribution in [0.25, 0.3) is 11.4 Å². The highest BCUT2D eigenvalue weighted by molar-refractivity contribution is 5.90. The molecular weight excluding hydrogens is 426 g/mol. The minimum absolute atomic E-state index is 0.0956. The molecule has 7 heteroatoms. The number of carbonyl (C=O) groups is 1. The third-order valence-electron chi connectivity index (χ3n) is 6.46. The standard InChI is InChI=1S/C27H31N5O2/c1-18-9-7-8-12-23(18)29-27(33)31-14-13-24-22(17-31)26(32-15-19(2)34-20(3)16-32)30-25(28-24)21-10-5-4-6-11-21/h4-12,19-20H,13-17H2,1-3H3,(H,29,33). The minimum Gasteiger partial charge on any atom is -0.372 e. The third kappa shape index (κ3) is 4.61. The molecule has 7 nitrogen and oxygen atoms in total. The second-order valence-corrected chi connectivity index (χ2v) is 9.24. The molecule has 2 unspecified atom stereocenters. The van der Waals surface area contributed by atoms with E-state index in [1.54, 1.807) is 0 Å². The molecule has 176 valence electrons. The van der Waals surface area contributed by atoms with Crippen LogP contribution in [0.1, 0.15) is 30.7 Å². The number of para-hydroxylation sites is 1. The van der Waals surface area contributed by atoms with E-state index in [2.05, 4.69) is 24.1 Å². The van der Waals surface area contributed by atoms with Crippen LogP contribution in [0.3, 0.4) is 0 Å². The van der Waals surface area contributed by atoms with Crippen molar-refractivity contribution < 1.29 is 9.53 Å². The van der Waals surface area contributed by atoms with Crippen molar-refractivity contribution in [3.63, 3.8) is 0 Å². The summed E-state index contributed by atoms with van der Waals surface area (Å²) in [5.74, 6) is 1.65. The molecule has 3 aromatic rings. The second kappa shape index (κ2) is 9.43. The van der Waals surface area contributed by atoms with Gasteiger partial charge < -0.3 is 19.9 Å². The van der Waals surface area contributed by atoms with Gasteiger partial charge in [0.25, 0.3) is 0 Å². The highest BCUT2D eigenvalue weighted by Crippen LogP contribution is 2.31. The first kappa shape index (κ1) is 22.3. The Balaban J connectivity index is 1.48. The number of benzene rings is 2. The summed E-state index contributed by atoms with van der Waals surface area (Å²) >= 11 is 0. The van der Waals surface area contributed by atoms with Crippen LogP contribution in [0.5, 0.6) is 0 Å². The minimum atomic E-state index is -0.0956. The lowest BCUT2D eigenvalue weighted by molar-refractivity contribution is -0.00556. The maximum Gasteiger partial charge on any atom is 0.322 e. The van der Waals surface area contributed by atoms with Gasteiger partial charge in [-0.15, -0.1) is 0 Å². The number of morpholine rings is 1. The Bertz CT molecular complexity index is 1170. The third-order valence-corrected chi connectivity index (χ3v) is 6.46. The van der Waals surface area contributed by atoms with Gasteiger partial charge in [-0.1, -0.05) is 48.5 Å². The van der Waals surface area contributed by atoms with E-state index >= 15 is 0 Å². The largest absolute Gasteiger partial charge is 0.372 e. The zero-order valence-corrected chi connectivity index (χ0v) is 20.0. The van der Waals surface area contributed by atoms with E-state index in [1.807, 2.05) is 66.4 Å². The number of nitrogens with one attached hydrogen (secondary N) is 1. The van der Waals surface area contributed by atoms with E-state index in [4.69, 9.17) is 14.7 Å². The summed E-state index contributed by atoms with van der Waals surface area (Å²) in [5, 5.41) is 3.07. The maximum absolute atomic E-state index is 13.2. The van der Waals surface area contributed by atoms with Crippen LogP contribution in [0, 0.1) is 6.92 Å². The van der Waals surface area contributed by atoms with Crippen molar-refractivity contribution in [3.8, 4) is 11.4 Å². The molecule has 3 heterocycles. The van der Waals surface area contributed by atoms with Gasteiger partial charge >= 0.3 is 6.03 Å². The molecule has 0 bridgehead atoms. The van der Waals surface area contributed by atoms with Crippen LogP contribution in [-0.4, -0.2) is 52.7 Å². The molecular formula is C27H31N5O2. The number of hydrogen-bond donors (Lipinski definition) is 1. The predicted octanol–water partition coefficient (Wildman–Crippen LogP) is 4.66. The Morgan fingerprint density at radius 2 is 1.71 bits per heavy atom. The first-order chi connectivity index (χ1) is 16.5. The fourth-order valence-electron chi connectivity index (χ4n) is 4.81. The molecule has 2 aromatic carbocycles. The quantitative estimate of drug-likeness (QED) is 0.620. The Morgan fingerprint density at radius 1 is 1.00 bits per heavy atom. The Labute approximate surface area is 200 Å². The lowest BCUT2D eigenvalue weighted by Crippen LogP contribution is -2.47. The average molecular weight is 458 g/mol. The summed E-state index contributed by atoms with van der Waals surface area (Å²) < 4.78 is 5.97. The van der Waals surface area contributed by atoms with Crippen LogP contribution in [0.15, 0.2) is 54.6 Å². The van der Waals surface area contributed by atoms with Gasteiger partial charge in [0, 0.05) is 42.9 Å². The van der Waals surface area contributed by atoms with Gasteiger partial charge in [-0.2, -0.15) is 0 Å². The Morgan fingerprint density at radius 3 is 2.44 bits per heavy atom. The molecule has 0 radical (unpaired) electrons. The van der Waals surface area contributed by atoms with Crippen molar-refractivity contribution in [1.29, 1.82) is 0 Å². The molecule has 0 spiro atoms. The average Bonchev–Trinajstić information content (AvgIpc) is 2.84. The molecule has 1 saturated heterocycles. The van der Waals surface area contributed by atoms with Crippen LogP contribution >= 0.6 is 0 Å². The normalized spacial score (nSPS) is 20.1. The van der Waals surface area contributed by atoms with Crippen molar-refractivity contribution in [2.24, 2.45) is 0 Å². The lowest BCUT2D eigenvalue weighted by Gasteiger charge is -2.39. The van der Waals surface area contributed by atoms with Crippen molar-refractivity contribution >= 4 is 17.5 Å². The molecule has 1 fully saturated rings. The molecule has 2 atom stereocenters. The Hall–Kier alpha value is -3.45. The Kier molecular flexibility index (Phi) is 6.20. The van der Waals surface area contributed by atoms with Gasteiger partial charge in [0.15, 0.2) is 5.82 Å². The van der Waals surface area contributed by atoms with Crippen molar-refractivity contribution in [1.82, 2.24) is 14.9 Å². The highest BCUT2D eigenvalue weighted by Gasteiger charge is 2.31. The molecule has 5 rings (SSSR count). The number of nitrogens with zero attached hydrogens (tertiary/aromatic N) is 4. The van der Waals surface area contributed by atoms with E-state index in [-0.39, 0.29) is 18.2 Å². The van der Waals surface area contributed by atoms with Gasteiger partial charge in [-0.05, 0) is 32.4 Å². The van der Waals surface area contributed by atoms with Gasteiger partial charge in [-0.3, -0.25) is 0 Å². The number of ether oxygens (including phenoxy) is 1. The zero-order chi connectivity index (χ0) is 23.7. The monoisotopic (exact) mass is 457 g/mol. The van der Waals surface area contributed by atoms with Crippen LogP contribution < -0.4 is 10.2 Å². The van der Waals surface area contributed by atoms with Crippen molar-refractivity contribution in [3.05, 3.63) is 71.4 Å². The number of urea groups is 1. The number of carbonyl (C=O) groups excluding carboxylic acids is 1. The molecule has 1 N–H and O–H groups in total. The highest BCUT2D eigenvalue weighted by atomic mass is 16.5. The SMILES string of the molecule is Cc1ccccc1NC(=O)N1CCc2nc(-c3ccccc3)nc(N3CC(C)OC(C)C3)c2C1. The van der Waals surface area contributed by atoms with Gasteiger partial charge in [0.1, 0.15) is 5.82 Å². The first-order valence-corrected chi connectivity index (χ1v) is 11.9. The number of hydrogen-bond acceptors (Lipinski definition) is 5. The molecule has 1 aromatic heterocycles. The van der Waals surface area contributed by atoms with E-state index in [9.17, 15) is 4.79 Å². The summed E-state index contributed by atoms with van der Waals surface area (Å²) in [6.07, 6.45) is 0.915. The summed E-state index contributed by atoms with van der Waals surface area (Å²) in [5.41, 5.74) is 4.94. The molecule has 2 amide bonds. The predicted molar refractivity (Wildman–Crippen MR) is 134 cm³/mol. The smallest absolute Gasteiger partial charge is 0.322 e. The number of anilines is 2. The molecule has 0 aliphatic carbocycles. The van der Waals surface area contributed by atoms with E-state index < -0.39 is 0 Å². The summed E-state index contributed by atoms with van der Waals surface area (Å²) in [7, 11) is 0. The van der Waals surface area contributed by atoms with E-state index in [1.165, 1.54) is 0 Å². The lowest BCUT2D eigenvalue weighted by atomic mass is 10.0. The summed E-state index contributed by atoms with van der Waals surface area (Å²) in [6.45, 7) is 8.81. The van der Waals surface area contributed by atoms with Crippen LogP contribution in [-0.2, 0) is 17.7 Å². The fraction of sp³-hybridized carbons (Fsp3) is 0.370. The van der Waals surface area contributed by atoms with E-state index in [0.29, 0.717) is 19.5 Å². The van der Waals surface area contributed by atoms with Gasteiger partial charge in [0.2, 0.25) is 0 Å². The molecule has 2 aliphatic heterocycles. The molecule has 34 heavy (non-hydrogen) atoms. The number of aromatic nitrogens is 2. The van der Waals surface area contributed by atoms with Gasteiger partial charge in [0.05, 0.1) is 24.4 Å².